The van der Waals surface area contributed by atoms with E-state index in [2.05, 4.69) is 41.4 Å². The second-order valence-corrected chi connectivity index (χ2v) is 5.67. The molecule has 0 atom stereocenters. The summed E-state index contributed by atoms with van der Waals surface area (Å²) in [6.45, 7) is 0. The number of hydrogen-bond donors (Lipinski definition) is 1. The summed E-state index contributed by atoms with van der Waals surface area (Å²) in [5.41, 5.74) is 2.29. The molecule has 1 aromatic heterocycles. The van der Waals surface area contributed by atoms with Gasteiger partial charge in [0.2, 0.25) is 0 Å². The minimum Gasteiger partial charge on any atom is -0.342 e. The molecule has 2 nitrogen and oxygen atoms in total. The molecule has 4 rings (SSSR count). The van der Waals surface area contributed by atoms with E-state index in [1.807, 2.05) is 0 Å². The van der Waals surface area contributed by atoms with Crippen LogP contribution >= 0.6 is 0 Å². The SMILES string of the molecule is c1ccc2cc3[nH]c(C4CCCCC4)nc3cc2c1. The second-order valence-electron chi connectivity index (χ2n) is 5.67. The van der Waals surface area contributed by atoms with Crippen molar-refractivity contribution in [2.24, 2.45) is 0 Å². The van der Waals surface area contributed by atoms with E-state index in [1.165, 1.54) is 54.2 Å². The van der Waals surface area contributed by atoms with E-state index in [-0.39, 0.29) is 0 Å². The zero-order chi connectivity index (χ0) is 12.7. The van der Waals surface area contributed by atoms with Gasteiger partial charge in [0.25, 0.3) is 0 Å². The van der Waals surface area contributed by atoms with Gasteiger partial charge in [0.05, 0.1) is 11.0 Å². The lowest BCUT2D eigenvalue weighted by atomic mass is 9.89. The minimum atomic E-state index is 0.643. The lowest BCUT2D eigenvalue weighted by molar-refractivity contribution is 0.431. The van der Waals surface area contributed by atoms with Crippen molar-refractivity contribution in [3.63, 3.8) is 0 Å². The third kappa shape index (κ3) is 1.92. The van der Waals surface area contributed by atoms with Crippen molar-refractivity contribution in [3.05, 3.63) is 42.2 Å². The first-order valence-electron chi connectivity index (χ1n) is 7.28. The van der Waals surface area contributed by atoms with Crippen LogP contribution < -0.4 is 0 Å². The smallest absolute Gasteiger partial charge is 0.110 e. The van der Waals surface area contributed by atoms with Gasteiger partial charge < -0.3 is 4.98 Å². The molecule has 2 aromatic carbocycles. The van der Waals surface area contributed by atoms with Crippen LogP contribution in [-0.4, -0.2) is 9.97 Å². The summed E-state index contributed by atoms with van der Waals surface area (Å²) in [5, 5.41) is 2.56. The fraction of sp³-hybridized carbons (Fsp3) is 0.353. The monoisotopic (exact) mass is 250 g/mol. The zero-order valence-corrected chi connectivity index (χ0v) is 11.0. The van der Waals surface area contributed by atoms with Crippen LogP contribution in [0.2, 0.25) is 0 Å². The van der Waals surface area contributed by atoms with Gasteiger partial charge in [-0.05, 0) is 35.7 Å². The van der Waals surface area contributed by atoms with E-state index < -0.39 is 0 Å². The highest BCUT2D eigenvalue weighted by molar-refractivity contribution is 5.95. The summed E-state index contributed by atoms with van der Waals surface area (Å²) in [5.74, 6) is 1.84. The van der Waals surface area contributed by atoms with Crippen molar-refractivity contribution in [1.29, 1.82) is 0 Å². The third-order valence-electron chi connectivity index (χ3n) is 4.36. The average molecular weight is 250 g/mol. The molecule has 3 aromatic rings. The molecule has 1 heterocycles. The van der Waals surface area contributed by atoms with E-state index in [9.17, 15) is 0 Å². The highest BCUT2D eigenvalue weighted by Gasteiger charge is 2.18. The maximum atomic E-state index is 4.83. The first-order chi connectivity index (χ1) is 9.40. The quantitative estimate of drug-likeness (QED) is 0.662. The molecule has 1 aliphatic rings. The Morgan fingerprint density at radius 1 is 0.947 bits per heavy atom. The van der Waals surface area contributed by atoms with Gasteiger partial charge in [0, 0.05) is 5.92 Å². The lowest BCUT2D eigenvalue weighted by Crippen LogP contribution is -2.05. The molecule has 1 aliphatic carbocycles. The number of nitrogens with one attached hydrogen (secondary N) is 1. The maximum Gasteiger partial charge on any atom is 0.110 e. The summed E-state index contributed by atoms with van der Waals surface area (Å²) in [7, 11) is 0. The highest BCUT2D eigenvalue weighted by Crippen LogP contribution is 2.32. The van der Waals surface area contributed by atoms with Crippen molar-refractivity contribution in [1.82, 2.24) is 9.97 Å². The standard InChI is InChI=1S/C17H18N2/c1-2-6-12(7-3-1)17-18-15-10-13-8-4-5-9-14(13)11-16(15)19-17/h4-5,8-12H,1-3,6-7H2,(H,18,19). The van der Waals surface area contributed by atoms with Crippen LogP contribution in [0.3, 0.4) is 0 Å². The van der Waals surface area contributed by atoms with Gasteiger partial charge in [0.1, 0.15) is 5.82 Å². The van der Waals surface area contributed by atoms with E-state index in [0.717, 1.165) is 5.52 Å². The zero-order valence-electron chi connectivity index (χ0n) is 11.0. The summed E-state index contributed by atoms with van der Waals surface area (Å²) in [4.78, 5) is 8.38. The summed E-state index contributed by atoms with van der Waals surface area (Å²) in [6.07, 6.45) is 6.67. The maximum absolute atomic E-state index is 4.83. The molecule has 0 spiro atoms. The van der Waals surface area contributed by atoms with Gasteiger partial charge in [-0.25, -0.2) is 4.98 Å². The molecular weight excluding hydrogens is 232 g/mol. The number of nitrogens with zero attached hydrogens (tertiary/aromatic N) is 1. The molecule has 2 heteroatoms. The Hall–Kier alpha value is -1.83. The van der Waals surface area contributed by atoms with Crippen LogP contribution in [0, 0.1) is 0 Å². The Labute approximate surface area is 112 Å². The van der Waals surface area contributed by atoms with Crippen LogP contribution in [0.15, 0.2) is 36.4 Å². The highest BCUT2D eigenvalue weighted by atomic mass is 14.9. The molecule has 0 unspecified atom stereocenters. The van der Waals surface area contributed by atoms with Crippen molar-refractivity contribution in [2.75, 3.05) is 0 Å². The van der Waals surface area contributed by atoms with Gasteiger partial charge in [0.15, 0.2) is 0 Å². The molecule has 1 N–H and O–H groups in total. The molecule has 19 heavy (non-hydrogen) atoms. The summed E-state index contributed by atoms with van der Waals surface area (Å²) in [6, 6.07) is 12.9. The van der Waals surface area contributed by atoms with Gasteiger partial charge in [-0.2, -0.15) is 0 Å². The molecule has 0 amide bonds. The number of imidazole rings is 1. The van der Waals surface area contributed by atoms with Crippen LogP contribution in [-0.2, 0) is 0 Å². The molecule has 0 saturated heterocycles. The Kier molecular flexibility index (Phi) is 2.54. The van der Waals surface area contributed by atoms with Crippen molar-refractivity contribution in [3.8, 4) is 0 Å². The van der Waals surface area contributed by atoms with Gasteiger partial charge in [-0.1, -0.05) is 43.5 Å². The Morgan fingerprint density at radius 2 is 1.68 bits per heavy atom. The number of fused-ring (bicyclic) bond motifs is 2. The van der Waals surface area contributed by atoms with Crippen LogP contribution in [0.5, 0.6) is 0 Å². The molecule has 0 bridgehead atoms. The van der Waals surface area contributed by atoms with Crippen LogP contribution in [0.4, 0.5) is 0 Å². The molecule has 1 fully saturated rings. The number of hydrogen-bond acceptors (Lipinski definition) is 1. The average Bonchev–Trinajstić information content (AvgIpc) is 2.88. The molecule has 0 aliphatic heterocycles. The second kappa shape index (κ2) is 4.37. The number of rotatable bonds is 1. The van der Waals surface area contributed by atoms with Crippen LogP contribution in [0.1, 0.15) is 43.8 Å². The Balaban J connectivity index is 1.83. The minimum absolute atomic E-state index is 0.643. The van der Waals surface area contributed by atoms with E-state index in [0.29, 0.717) is 5.92 Å². The van der Waals surface area contributed by atoms with Gasteiger partial charge in [-0.15, -0.1) is 0 Å². The normalized spacial score (nSPS) is 17.3. The number of H-pyrrole nitrogens is 1. The van der Waals surface area contributed by atoms with E-state index in [4.69, 9.17) is 4.98 Å². The Bertz CT molecular complexity index is 668. The number of aromatic amines is 1. The van der Waals surface area contributed by atoms with Crippen LogP contribution in [0.25, 0.3) is 21.8 Å². The van der Waals surface area contributed by atoms with Crippen molar-refractivity contribution >= 4 is 21.8 Å². The predicted molar refractivity (Wildman–Crippen MR) is 79.4 cm³/mol. The fourth-order valence-corrected chi connectivity index (χ4v) is 3.29. The molecule has 1 saturated carbocycles. The first-order valence-corrected chi connectivity index (χ1v) is 7.28. The summed E-state index contributed by atoms with van der Waals surface area (Å²) < 4.78 is 0. The topological polar surface area (TPSA) is 28.7 Å². The summed E-state index contributed by atoms with van der Waals surface area (Å²) >= 11 is 0. The van der Waals surface area contributed by atoms with Gasteiger partial charge >= 0.3 is 0 Å². The van der Waals surface area contributed by atoms with Crippen molar-refractivity contribution in [2.45, 2.75) is 38.0 Å². The molecule has 0 radical (unpaired) electrons. The van der Waals surface area contributed by atoms with E-state index in [1.54, 1.807) is 0 Å². The van der Waals surface area contributed by atoms with Crippen molar-refractivity contribution < 1.29 is 0 Å². The third-order valence-corrected chi connectivity index (χ3v) is 4.36. The number of aromatic nitrogens is 2. The predicted octanol–water partition coefficient (Wildman–Crippen LogP) is 4.76. The van der Waals surface area contributed by atoms with E-state index >= 15 is 0 Å². The Morgan fingerprint density at radius 3 is 2.47 bits per heavy atom. The molecular formula is C17H18N2. The first kappa shape index (κ1) is 11.0. The number of benzene rings is 2. The lowest BCUT2D eigenvalue weighted by Gasteiger charge is -2.18. The fourth-order valence-electron chi connectivity index (χ4n) is 3.29. The molecule has 96 valence electrons. The van der Waals surface area contributed by atoms with Gasteiger partial charge in [-0.3, -0.25) is 0 Å². The largest absolute Gasteiger partial charge is 0.342 e.